The van der Waals surface area contributed by atoms with Gasteiger partial charge in [-0.3, -0.25) is 10.1 Å². The zero-order valence-electron chi connectivity index (χ0n) is 11.0. The van der Waals surface area contributed by atoms with Gasteiger partial charge < -0.3 is 9.57 Å². The van der Waals surface area contributed by atoms with E-state index in [0.29, 0.717) is 0 Å². The second kappa shape index (κ2) is 6.56. The van der Waals surface area contributed by atoms with Gasteiger partial charge in [0.25, 0.3) is 0 Å². The van der Waals surface area contributed by atoms with Gasteiger partial charge in [0.2, 0.25) is 0 Å². The Morgan fingerprint density at radius 3 is 2.86 bits per heavy atom. The molecule has 1 amide bonds. The lowest BCUT2D eigenvalue weighted by Crippen LogP contribution is -2.24. The molecule has 2 heterocycles. The Bertz CT molecular complexity index is 665. The molecule has 2 rings (SSSR count). The molecule has 21 heavy (non-hydrogen) atoms. The van der Waals surface area contributed by atoms with Crippen LogP contribution in [0.5, 0.6) is 0 Å². The molecule has 0 aliphatic heterocycles. The molecular weight excluding hydrogens is 300 g/mol. The average molecular weight is 310 g/mol. The number of carbonyl (C=O) groups excluding carboxylic acids is 2. The first-order chi connectivity index (χ1) is 10.2. The van der Waals surface area contributed by atoms with Crippen molar-refractivity contribution in [2.24, 2.45) is 5.16 Å². The van der Waals surface area contributed by atoms with E-state index in [-0.39, 0.29) is 16.5 Å². The predicted molar refractivity (Wildman–Crippen MR) is 72.3 cm³/mol. The number of nitrogens with one attached hydrogen (secondary N) is 1. The van der Waals surface area contributed by atoms with Gasteiger partial charge in [-0.15, -0.1) is 11.3 Å². The Morgan fingerprint density at radius 2 is 2.24 bits per heavy atom. The lowest BCUT2D eigenvalue weighted by atomic mass is 10.3. The highest BCUT2D eigenvalue weighted by atomic mass is 32.1. The van der Waals surface area contributed by atoms with Crippen molar-refractivity contribution in [1.82, 2.24) is 19.7 Å². The summed E-state index contributed by atoms with van der Waals surface area (Å²) in [4.78, 5) is 35.7. The molecule has 1 N–H and O–H groups in total. The first-order valence-corrected chi connectivity index (χ1v) is 6.35. The molecule has 0 bridgehead atoms. The van der Waals surface area contributed by atoms with E-state index in [1.54, 1.807) is 0 Å². The van der Waals surface area contributed by atoms with Crippen molar-refractivity contribution < 1.29 is 19.2 Å². The maximum Gasteiger partial charge on any atom is 0.413 e. The summed E-state index contributed by atoms with van der Waals surface area (Å²) in [6.45, 7) is 0. The van der Waals surface area contributed by atoms with Gasteiger partial charge in [0, 0.05) is 5.38 Å². The highest BCUT2D eigenvalue weighted by molar-refractivity contribution is 7.14. The number of aromatic nitrogens is 4. The number of nitrogens with zero attached hydrogens (tertiary/aromatic N) is 5. The van der Waals surface area contributed by atoms with Gasteiger partial charge in [-0.2, -0.15) is 9.78 Å². The van der Waals surface area contributed by atoms with Gasteiger partial charge in [0.1, 0.15) is 25.5 Å². The van der Waals surface area contributed by atoms with Crippen LogP contribution in [-0.4, -0.2) is 51.7 Å². The van der Waals surface area contributed by atoms with Crippen molar-refractivity contribution in [3.05, 3.63) is 23.7 Å². The highest BCUT2D eigenvalue weighted by Gasteiger charge is 2.21. The van der Waals surface area contributed by atoms with Crippen LogP contribution in [0.15, 0.2) is 23.2 Å². The molecule has 10 nitrogen and oxygen atoms in total. The molecule has 0 aliphatic carbocycles. The lowest BCUT2D eigenvalue weighted by molar-refractivity contribution is 0.0968. The molecule has 0 aromatic carbocycles. The zero-order valence-corrected chi connectivity index (χ0v) is 11.8. The van der Waals surface area contributed by atoms with Crippen LogP contribution in [0, 0.1) is 0 Å². The summed E-state index contributed by atoms with van der Waals surface area (Å²) in [5.74, 6) is -0.565. The molecule has 0 unspecified atom stereocenters. The fourth-order valence-corrected chi connectivity index (χ4v) is 1.97. The number of hydrogen-bond donors (Lipinski definition) is 1. The van der Waals surface area contributed by atoms with Crippen LogP contribution in [0.25, 0.3) is 0 Å². The van der Waals surface area contributed by atoms with Gasteiger partial charge >= 0.3 is 12.0 Å². The number of hydrogen-bond acceptors (Lipinski definition) is 9. The average Bonchev–Trinajstić information content (AvgIpc) is 3.15. The molecule has 0 saturated carbocycles. The van der Waals surface area contributed by atoms with E-state index in [1.165, 1.54) is 32.3 Å². The third-order valence-corrected chi connectivity index (χ3v) is 2.91. The van der Waals surface area contributed by atoms with Crippen molar-refractivity contribution in [1.29, 1.82) is 0 Å². The Labute approximate surface area is 122 Å². The SMILES string of the molecule is CON=C(C(=O)n1cncn1)c1csc(NC(=O)OC)n1. The van der Waals surface area contributed by atoms with E-state index >= 15 is 0 Å². The summed E-state index contributed by atoms with van der Waals surface area (Å²) in [6, 6.07) is 0. The number of amides is 1. The molecule has 11 heteroatoms. The molecule has 110 valence electrons. The van der Waals surface area contributed by atoms with Gasteiger partial charge in [-0.05, 0) is 0 Å². The van der Waals surface area contributed by atoms with Gasteiger partial charge in [-0.1, -0.05) is 5.16 Å². The molecule has 0 spiro atoms. The van der Waals surface area contributed by atoms with Gasteiger partial charge in [0.05, 0.1) is 7.11 Å². The Morgan fingerprint density at radius 1 is 1.43 bits per heavy atom. The fourth-order valence-electron chi connectivity index (χ4n) is 1.29. The molecular formula is C10H10N6O4S. The second-order valence-electron chi connectivity index (χ2n) is 3.42. The molecule has 0 radical (unpaired) electrons. The van der Waals surface area contributed by atoms with E-state index < -0.39 is 12.0 Å². The van der Waals surface area contributed by atoms with E-state index in [0.717, 1.165) is 16.0 Å². The quantitative estimate of drug-likeness (QED) is 0.648. The van der Waals surface area contributed by atoms with Crippen LogP contribution >= 0.6 is 11.3 Å². The van der Waals surface area contributed by atoms with Crippen LogP contribution in [-0.2, 0) is 9.57 Å². The number of anilines is 1. The number of ether oxygens (including phenoxy) is 1. The van der Waals surface area contributed by atoms with Crippen molar-refractivity contribution >= 4 is 34.2 Å². The summed E-state index contributed by atoms with van der Waals surface area (Å²) in [5.41, 5.74) is 0.158. The molecule has 0 fully saturated rings. The van der Waals surface area contributed by atoms with Crippen LogP contribution in [0.4, 0.5) is 9.93 Å². The minimum Gasteiger partial charge on any atom is -0.453 e. The van der Waals surface area contributed by atoms with E-state index in [4.69, 9.17) is 0 Å². The number of oxime groups is 1. The van der Waals surface area contributed by atoms with E-state index in [2.05, 4.69) is 35.1 Å². The Balaban J connectivity index is 2.25. The Kier molecular flexibility index (Phi) is 4.56. The van der Waals surface area contributed by atoms with Gasteiger partial charge in [-0.25, -0.2) is 14.8 Å². The summed E-state index contributed by atoms with van der Waals surface area (Å²) >= 11 is 1.11. The summed E-state index contributed by atoms with van der Waals surface area (Å²) < 4.78 is 5.44. The molecule has 0 saturated heterocycles. The minimum atomic E-state index is -0.663. The standard InChI is InChI=1S/C10H10N6O4S/c1-19-10(18)14-9-13-6(3-21-9)7(15-20-2)8(17)16-5-11-4-12-16/h3-5H,1-2H3,(H,13,14,18). The van der Waals surface area contributed by atoms with E-state index in [9.17, 15) is 9.59 Å². The van der Waals surface area contributed by atoms with Crippen LogP contribution < -0.4 is 5.32 Å². The molecule has 2 aromatic rings. The third kappa shape index (κ3) is 3.39. The number of thiazole rings is 1. The van der Waals surface area contributed by atoms with Crippen LogP contribution in [0.3, 0.4) is 0 Å². The van der Waals surface area contributed by atoms with Crippen molar-refractivity contribution in [2.45, 2.75) is 0 Å². The van der Waals surface area contributed by atoms with Crippen molar-refractivity contribution in [3.63, 3.8) is 0 Å². The van der Waals surface area contributed by atoms with E-state index in [1.807, 2.05) is 0 Å². The fraction of sp³-hybridized carbons (Fsp3) is 0.200. The molecule has 0 atom stereocenters. The summed E-state index contributed by atoms with van der Waals surface area (Å²) in [5, 5.41) is 11.5. The molecule has 0 aliphatic rings. The Hall–Kier alpha value is -2.82. The smallest absolute Gasteiger partial charge is 0.413 e. The summed E-state index contributed by atoms with van der Waals surface area (Å²) in [7, 11) is 2.53. The zero-order chi connectivity index (χ0) is 15.2. The van der Waals surface area contributed by atoms with Crippen molar-refractivity contribution in [3.8, 4) is 0 Å². The second-order valence-corrected chi connectivity index (χ2v) is 4.28. The highest BCUT2D eigenvalue weighted by Crippen LogP contribution is 2.17. The third-order valence-electron chi connectivity index (χ3n) is 2.15. The predicted octanol–water partition coefficient (Wildman–Crippen LogP) is 0.604. The first-order valence-electron chi connectivity index (χ1n) is 5.47. The number of carbonyl (C=O) groups is 2. The lowest BCUT2D eigenvalue weighted by Gasteiger charge is -2.01. The molecule has 2 aromatic heterocycles. The van der Waals surface area contributed by atoms with Crippen LogP contribution in [0.2, 0.25) is 0 Å². The van der Waals surface area contributed by atoms with Gasteiger partial charge in [0.15, 0.2) is 10.8 Å². The summed E-state index contributed by atoms with van der Waals surface area (Å²) in [6.07, 6.45) is 1.78. The minimum absolute atomic E-state index is 0.0721. The normalized spacial score (nSPS) is 11.0. The largest absolute Gasteiger partial charge is 0.453 e. The monoisotopic (exact) mass is 310 g/mol. The maximum absolute atomic E-state index is 12.2. The maximum atomic E-state index is 12.2. The first kappa shape index (κ1) is 14.6. The number of methoxy groups -OCH3 is 1. The number of rotatable bonds is 4. The van der Waals surface area contributed by atoms with Crippen molar-refractivity contribution in [2.75, 3.05) is 19.5 Å². The van der Waals surface area contributed by atoms with Crippen LogP contribution in [0.1, 0.15) is 10.5 Å². The topological polar surface area (TPSA) is 121 Å².